The van der Waals surface area contributed by atoms with Crippen molar-refractivity contribution in [2.75, 3.05) is 0 Å². The summed E-state index contributed by atoms with van der Waals surface area (Å²) in [6.45, 7) is 1.52. The van der Waals surface area contributed by atoms with E-state index in [1.54, 1.807) is 10.9 Å². The highest BCUT2D eigenvalue weighted by molar-refractivity contribution is 7.07. The van der Waals surface area contributed by atoms with Crippen molar-refractivity contribution in [2.45, 2.75) is 13.5 Å². The smallest absolute Gasteiger partial charge is 0.270 e. The van der Waals surface area contributed by atoms with Crippen LogP contribution in [0.15, 0.2) is 23.0 Å². The molecule has 0 aliphatic heterocycles. The Labute approximate surface area is 117 Å². The number of amides is 1. The first-order valence-electron chi connectivity index (χ1n) is 5.59. The molecule has 1 N–H and O–H groups in total. The monoisotopic (exact) mass is 295 g/mol. The van der Waals surface area contributed by atoms with E-state index in [1.165, 1.54) is 18.3 Å². The van der Waals surface area contributed by atoms with Gasteiger partial charge in [0.1, 0.15) is 5.82 Å². The molecule has 1 amide bonds. The Balaban J connectivity index is 2.22. The maximum Gasteiger partial charge on any atom is 0.270 e. The number of aryl methyl sites for hydroxylation is 1. The zero-order valence-electron chi connectivity index (χ0n) is 10.4. The summed E-state index contributed by atoms with van der Waals surface area (Å²) in [5, 5.41) is 15.0. The summed E-state index contributed by atoms with van der Waals surface area (Å²) in [4.78, 5) is 25.9. The lowest BCUT2D eigenvalue weighted by molar-refractivity contribution is -0.385. The molecule has 1 heterocycles. The van der Waals surface area contributed by atoms with Gasteiger partial charge in [-0.3, -0.25) is 14.9 Å². The number of thiazole rings is 1. The van der Waals surface area contributed by atoms with E-state index in [-0.39, 0.29) is 23.4 Å². The maximum atomic E-state index is 13.9. The van der Waals surface area contributed by atoms with Gasteiger partial charge in [0.2, 0.25) is 0 Å². The number of nitro benzene ring substituents is 1. The molecule has 0 saturated carbocycles. The first kappa shape index (κ1) is 14.1. The summed E-state index contributed by atoms with van der Waals surface area (Å²) in [5.74, 6) is -1.46. The van der Waals surface area contributed by atoms with E-state index in [0.29, 0.717) is 5.69 Å². The second-order valence-electron chi connectivity index (χ2n) is 4.04. The molecule has 2 rings (SSSR count). The predicted octanol–water partition coefficient (Wildman–Crippen LogP) is 2.43. The number of carbonyl (C=O) groups excluding carboxylic acids is 1. The molecule has 20 heavy (non-hydrogen) atoms. The molecule has 0 aliphatic carbocycles. The van der Waals surface area contributed by atoms with Crippen molar-refractivity contribution in [3.05, 3.63) is 55.8 Å². The molecule has 2 aromatic rings. The minimum absolute atomic E-state index is 0.0537. The highest BCUT2D eigenvalue weighted by atomic mass is 32.1. The van der Waals surface area contributed by atoms with Crippen molar-refractivity contribution in [3.63, 3.8) is 0 Å². The summed E-state index contributed by atoms with van der Waals surface area (Å²) in [6, 6.07) is 2.02. The molecule has 1 aromatic carbocycles. The Hall–Kier alpha value is -2.35. The molecule has 0 radical (unpaired) electrons. The van der Waals surface area contributed by atoms with Crippen LogP contribution in [0, 0.1) is 22.9 Å². The molecule has 0 spiro atoms. The fourth-order valence-electron chi connectivity index (χ4n) is 1.61. The maximum absolute atomic E-state index is 13.9. The van der Waals surface area contributed by atoms with Crippen LogP contribution < -0.4 is 5.32 Å². The summed E-state index contributed by atoms with van der Waals surface area (Å²) in [6.07, 6.45) is 0. The second-order valence-corrected chi connectivity index (χ2v) is 4.76. The molecule has 0 atom stereocenters. The molecule has 6 nitrogen and oxygen atoms in total. The molecule has 104 valence electrons. The van der Waals surface area contributed by atoms with Gasteiger partial charge in [0, 0.05) is 17.5 Å². The van der Waals surface area contributed by atoms with Gasteiger partial charge >= 0.3 is 0 Å². The van der Waals surface area contributed by atoms with Gasteiger partial charge in [-0.15, -0.1) is 11.3 Å². The standard InChI is InChI=1S/C12H10FN3O3S/c1-7-2-9(16(18)19)3-10(11(7)13)12(17)14-4-8-5-20-6-15-8/h2-3,5-6H,4H2,1H3,(H,14,17). The zero-order valence-corrected chi connectivity index (χ0v) is 11.2. The highest BCUT2D eigenvalue weighted by Crippen LogP contribution is 2.21. The van der Waals surface area contributed by atoms with Gasteiger partial charge in [-0.2, -0.15) is 0 Å². The van der Waals surface area contributed by atoms with Gasteiger partial charge in [0.25, 0.3) is 11.6 Å². The van der Waals surface area contributed by atoms with E-state index in [1.807, 2.05) is 0 Å². The van der Waals surface area contributed by atoms with Crippen molar-refractivity contribution >= 4 is 22.9 Å². The van der Waals surface area contributed by atoms with Crippen molar-refractivity contribution in [1.82, 2.24) is 10.3 Å². The lowest BCUT2D eigenvalue weighted by Gasteiger charge is -2.06. The number of nitro groups is 1. The number of halogens is 1. The van der Waals surface area contributed by atoms with Crippen molar-refractivity contribution < 1.29 is 14.1 Å². The van der Waals surface area contributed by atoms with Crippen molar-refractivity contribution in [3.8, 4) is 0 Å². The van der Waals surface area contributed by atoms with Crippen LogP contribution >= 0.6 is 11.3 Å². The third kappa shape index (κ3) is 2.97. The van der Waals surface area contributed by atoms with Crippen LogP contribution in [0.1, 0.15) is 21.6 Å². The molecule has 0 unspecified atom stereocenters. The summed E-state index contributed by atoms with van der Waals surface area (Å²) in [5.41, 5.74) is 1.65. The molecule has 1 aromatic heterocycles. The fourth-order valence-corrected chi connectivity index (χ4v) is 2.17. The van der Waals surface area contributed by atoms with Crippen LogP contribution in [0.5, 0.6) is 0 Å². The number of aromatic nitrogens is 1. The van der Waals surface area contributed by atoms with Gasteiger partial charge in [0.15, 0.2) is 0 Å². The van der Waals surface area contributed by atoms with E-state index < -0.39 is 16.6 Å². The molecule has 0 saturated heterocycles. The quantitative estimate of drug-likeness (QED) is 0.693. The fraction of sp³-hybridized carbons (Fsp3) is 0.167. The first-order valence-corrected chi connectivity index (χ1v) is 6.53. The molecule has 8 heteroatoms. The van der Waals surface area contributed by atoms with Crippen LogP contribution in [-0.4, -0.2) is 15.8 Å². The zero-order chi connectivity index (χ0) is 14.7. The van der Waals surface area contributed by atoms with Crippen LogP contribution in [0.2, 0.25) is 0 Å². The van der Waals surface area contributed by atoms with Gasteiger partial charge in [-0.1, -0.05) is 0 Å². The van der Waals surface area contributed by atoms with E-state index in [9.17, 15) is 19.3 Å². The SMILES string of the molecule is Cc1cc([N+](=O)[O-])cc(C(=O)NCc2cscn2)c1F. The van der Waals surface area contributed by atoms with Crippen LogP contribution in [0.3, 0.4) is 0 Å². The Bertz CT molecular complexity index is 658. The Kier molecular flexibility index (Phi) is 4.04. The first-order chi connectivity index (χ1) is 9.49. The van der Waals surface area contributed by atoms with Crippen LogP contribution in [0.25, 0.3) is 0 Å². The van der Waals surface area contributed by atoms with Crippen LogP contribution in [0.4, 0.5) is 10.1 Å². The van der Waals surface area contributed by atoms with Crippen LogP contribution in [-0.2, 0) is 6.54 Å². The Morgan fingerprint density at radius 1 is 1.55 bits per heavy atom. The summed E-state index contributed by atoms with van der Waals surface area (Å²) in [7, 11) is 0. The minimum atomic E-state index is -0.758. The van der Waals surface area contributed by atoms with Gasteiger partial charge < -0.3 is 5.32 Å². The number of benzene rings is 1. The number of nitrogens with zero attached hydrogens (tertiary/aromatic N) is 2. The number of hydrogen-bond donors (Lipinski definition) is 1. The lowest BCUT2D eigenvalue weighted by Crippen LogP contribution is -2.24. The van der Waals surface area contributed by atoms with Crippen molar-refractivity contribution in [2.24, 2.45) is 0 Å². The number of non-ortho nitro benzene ring substituents is 1. The lowest BCUT2D eigenvalue weighted by atomic mass is 10.1. The van der Waals surface area contributed by atoms with Crippen molar-refractivity contribution in [1.29, 1.82) is 0 Å². The second kappa shape index (κ2) is 5.74. The third-order valence-corrected chi connectivity index (χ3v) is 3.24. The molecular formula is C12H10FN3O3S. The molecular weight excluding hydrogens is 285 g/mol. The normalized spacial score (nSPS) is 10.3. The molecule has 0 aliphatic rings. The highest BCUT2D eigenvalue weighted by Gasteiger charge is 2.19. The van der Waals surface area contributed by atoms with Gasteiger partial charge in [0.05, 0.1) is 28.2 Å². The predicted molar refractivity (Wildman–Crippen MR) is 71.1 cm³/mol. The number of carbonyl (C=O) groups is 1. The minimum Gasteiger partial charge on any atom is -0.346 e. The number of hydrogen-bond acceptors (Lipinski definition) is 5. The topological polar surface area (TPSA) is 85.1 Å². The average molecular weight is 295 g/mol. The number of rotatable bonds is 4. The third-order valence-electron chi connectivity index (χ3n) is 2.61. The number of nitrogens with one attached hydrogen (secondary N) is 1. The Morgan fingerprint density at radius 2 is 2.30 bits per heavy atom. The van der Waals surface area contributed by atoms with Gasteiger partial charge in [-0.05, 0) is 12.5 Å². The molecule has 0 fully saturated rings. The summed E-state index contributed by atoms with van der Waals surface area (Å²) >= 11 is 1.37. The van der Waals surface area contributed by atoms with E-state index in [2.05, 4.69) is 10.3 Å². The Morgan fingerprint density at radius 3 is 2.90 bits per heavy atom. The van der Waals surface area contributed by atoms with Gasteiger partial charge in [-0.25, -0.2) is 9.37 Å². The molecule has 0 bridgehead atoms. The van der Waals surface area contributed by atoms with E-state index >= 15 is 0 Å². The van der Waals surface area contributed by atoms with E-state index in [4.69, 9.17) is 0 Å². The van der Waals surface area contributed by atoms with E-state index in [0.717, 1.165) is 12.1 Å². The average Bonchev–Trinajstić information content (AvgIpc) is 2.92. The summed E-state index contributed by atoms with van der Waals surface area (Å²) < 4.78 is 13.9. The largest absolute Gasteiger partial charge is 0.346 e.